The smallest absolute Gasteiger partial charge is 0.0744 e. The Balaban J connectivity index is 2.17. The fourth-order valence-electron chi connectivity index (χ4n) is 1.77. The van der Waals surface area contributed by atoms with Crippen LogP contribution in [0.2, 0.25) is 0 Å². The highest BCUT2D eigenvalue weighted by molar-refractivity contribution is 6.22. The number of rotatable bonds is 2. The van der Waals surface area contributed by atoms with Gasteiger partial charge in [0.15, 0.2) is 0 Å². The Kier molecular flexibility index (Phi) is 2.84. The van der Waals surface area contributed by atoms with Gasteiger partial charge >= 0.3 is 0 Å². The third-order valence-electron chi connectivity index (χ3n) is 4.10. The lowest BCUT2D eigenvalue weighted by molar-refractivity contribution is 0.739. The molecule has 4 nitrogen and oxygen atoms in total. The predicted molar refractivity (Wildman–Crippen MR) is 77.8 cm³/mol. The third kappa shape index (κ3) is 1.85. The molecular weight excluding hydrogens is 224 g/mol. The van der Waals surface area contributed by atoms with Gasteiger partial charge in [0.2, 0.25) is 0 Å². The first-order valence-electron chi connectivity index (χ1n) is 6.21. The standard InChI is InChI=1S/C14H20N4/c1-9-13(3,4)11(17-15-9)7-8-12-14(5,6)10(2)16-18-12/h7-8H,1-6H3/b8-7+. The van der Waals surface area contributed by atoms with E-state index in [-0.39, 0.29) is 10.8 Å². The quantitative estimate of drug-likeness (QED) is 0.716. The van der Waals surface area contributed by atoms with Crippen molar-refractivity contribution in [1.29, 1.82) is 0 Å². The van der Waals surface area contributed by atoms with Crippen LogP contribution in [0.25, 0.3) is 0 Å². The molecular formula is C14H20N4. The van der Waals surface area contributed by atoms with Gasteiger partial charge in [-0.1, -0.05) is 0 Å². The van der Waals surface area contributed by atoms with E-state index in [0.29, 0.717) is 0 Å². The number of hydrogen-bond acceptors (Lipinski definition) is 4. The summed E-state index contributed by atoms with van der Waals surface area (Å²) in [6.07, 6.45) is 4.02. The number of hydrogen-bond donors (Lipinski definition) is 0. The molecule has 0 spiro atoms. The van der Waals surface area contributed by atoms with E-state index >= 15 is 0 Å². The van der Waals surface area contributed by atoms with Gasteiger partial charge in [-0.3, -0.25) is 0 Å². The Bertz CT molecular complexity index is 480. The Hall–Kier alpha value is -1.58. The minimum Gasteiger partial charge on any atom is -0.159 e. The summed E-state index contributed by atoms with van der Waals surface area (Å²) in [5.74, 6) is 0. The van der Waals surface area contributed by atoms with Crippen LogP contribution in [0.3, 0.4) is 0 Å². The molecule has 0 fully saturated rings. The van der Waals surface area contributed by atoms with E-state index in [0.717, 1.165) is 22.8 Å². The largest absolute Gasteiger partial charge is 0.159 e. The third-order valence-corrected chi connectivity index (χ3v) is 4.10. The second-order valence-corrected chi connectivity index (χ2v) is 5.92. The maximum Gasteiger partial charge on any atom is 0.0744 e. The molecule has 0 saturated carbocycles. The molecule has 0 aromatic heterocycles. The average Bonchev–Trinajstić information content (AvgIpc) is 2.67. The summed E-state index contributed by atoms with van der Waals surface area (Å²) in [4.78, 5) is 0. The fourth-order valence-corrected chi connectivity index (χ4v) is 1.77. The van der Waals surface area contributed by atoms with Gasteiger partial charge in [0.25, 0.3) is 0 Å². The van der Waals surface area contributed by atoms with Crippen LogP contribution >= 0.6 is 0 Å². The monoisotopic (exact) mass is 244 g/mol. The molecule has 0 saturated heterocycles. The first-order valence-corrected chi connectivity index (χ1v) is 6.21. The summed E-state index contributed by atoms with van der Waals surface area (Å²) in [5, 5.41) is 16.7. The van der Waals surface area contributed by atoms with Crippen LogP contribution in [0, 0.1) is 10.8 Å². The molecule has 0 amide bonds. The van der Waals surface area contributed by atoms with Crippen LogP contribution in [-0.2, 0) is 0 Å². The lowest BCUT2D eigenvalue weighted by atomic mass is 9.81. The molecule has 2 aliphatic rings. The van der Waals surface area contributed by atoms with Gasteiger partial charge in [-0.2, -0.15) is 20.4 Å². The molecule has 0 N–H and O–H groups in total. The maximum absolute atomic E-state index is 4.22. The van der Waals surface area contributed by atoms with E-state index in [1.54, 1.807) is 0 Å². The van der Waals surface area contributed by atoms with Crippen molar-refractivity contribution in [2.24, 2.45) is 31.2 Å². The van der Waals surface area contributed by atoms with Gasteiger partial charge in [-0.25, -0.2) is 0 Å². The SMILES string of the molecule is CC1=NN=C(/C=C/C2=NN=C(C)C2(C)C)C1(C)C. The number of nitrogens with zero attached hydrogens (tertiary/aromatic N) is 4. The van der Waals surface area contributed by atoms with Crippen molar-refractivity contribution in [1.82, 2.24) is 0 Å². The second kappa shape index (κ2) is 3.97. The van der Waals surface area contributed by atoms with Crippen molar-refractivity contribution in [2.45, 2.75) is 41.5 Å². The maximum atomic E-state index is 4.22. The van der Waals surface area contributed by atoms with Gasteiger partial charge in [-0.05, 0) is 53.7 Å². The topological polar surface area (TPSA) is 49.4 Å². The van der Waals surface area contributed by atoms with Gasteiger partial charge in [0.05, 0.1) is 11.4 Å². The zero-order valence-corrected chi connectivity index (χ0v) is 11.9. The van der Waals surface area contributed by atoms with E-state index in [1.807, 2.05) is 26.0 Å². The van der Waals surface area contributed by atoms with Crippen molar-refractivity contribution >= 4 is 22.8 Å². The van der Waals surface area contributed by atoms with Crippen LogP contribution in [0.4, 0.5) is 0 Å². The summed E-state index contributed by atoms with van der Waals surface area (Å²) < 4.78 is 0. The molecule has 0 atom stereocenters. The van der Waals surface area contributed by atoms with E-state index in [1.165, 1.54) is 0 Å². The van der Waals surface area contributed by atoms with Gasteiger partial charge in [0, 0.05) is 22.3 Å². The first-order chi connectivity index (χ1) is 8.26. The van der Waals surface area contributed by atoms with Gasteiger partial charge in [0.1, 0.15) is 0 Å². The molecule has 2 rings (SSSR count). The lowest BCUT2D eigenvalue weighted by Crippen LogP contribution is -2.29. The highest BCUT2D eigenvalue weighted by Crippen LogP contribution is 2.29. The van der Waals surface area contributed by atoms with E-state index in [4.69, 9.17) is 0 Å². The molecule has 2 heterocycles. The van der Waals surface area contributed by atoms with Crippen molar-refractivity contribution in [3.63, 3.8) is 0 Å². The molecule has 0 radical (unpaired) electrons. The van der Waals surface area contributed by atoms with E-state index in [2.05, 4.69) is 48.1 Å². The summed E-state index contributed by atoms with van der Waals surface area (Å²) >= 11 is 0. The van der Waals surface area contributed by atoms with E-state index in [9.17, 15) is 0 Å². The molecule has 0 bridgehead atoms. The first kappa shape index (κ1) is 12.9. The highest BCUT2D eigenvalue weighted by atomic mass is 15.3. The number of allylic oxidation sites excluding steroid dienone is 2. The second-order valence-electron chi connectivity index (χ2n) is 5.92. The van der Waals surface area contributed by atoms with Crippen LogP contribution in [0.5, 0.6) is 0 Å². The minimum absolute atomic E-state index is 0.0876. The molecule has 96 valence electrons. The van der Waals surface area contributed by atoms with Crippen molar-refractivity contribution in [2.75, 3.05) is 0 Å². The Labute approximate surface area is 108 Å². The molecule has 0 aliphatic carbocycles. The summed E-state index contributed by atoms with van der Waals surface area (Å²) in [6, 6.07) is 0. The molecule has 4 heteroatoms. The van der Waals surface area contributed by atoms with Gasteiger partial charge < -0.3 is 0 Å². The van der Waals surface area contributed by atoms with Crippen LogP contribution in [0.15, 0.2) is 32.6 Å². The summed E-state index contributed by atoms with van der Waals surface area (Å²) in [7, 11) is 0. The Morgan fingerprint density at radius 1 is 0.667 bits per heavy atom. The van der Waals surface area contributed by atoms with E-state index < -0.39 is 0 Å². The Morgan fingerprint density at radius 3 is 1.22 bits per heavy atom. The molecule has 0 aromatic rings. The van der Waals surface area contributed by atoms with Crippen LogP contribution in [0.1, 0.15) is 41.5 Å². The lowest BCUT2D eigenvalue weighted by Gasteiger charge is -2.20. The Morgan fingerprint density at radius 2 is 1.00 bits per heavy atom. The fraction of sp³-hybridized carbons (Fsp3) is 0.571. The van der Waals surface area contributed by atoms with Gasteiger partial charge in [-0.15, -0.1) is 0 Å². The molecule has 0 aromatic carbocycles. The predicted octanol–water partition coefficient (Wildman–Crippen LogP) is 3.26. The van der Waals surface area contributed by atoms with Crippen molar-refractivity contribution < 1.29 is 0 Å². The minimum atomic E-state index is -0.0876. The zero-order valence-electron chi connectivity index (χ0n) is 11.9. The highest BCUT2D eigenvalue weighted by Gasteiger charge is 2.33. The summed E-state index contributed by atoms with van der Waals surface area (Å²) in [6.45, 7) is 12.5. The molecule has 18 heavy (non-hydrogen) atoms. The average molecular weight is 244 g/mol. The normalized spacial score (nSPS) is 25.0. The molecule has 0 unspecified atom stereocenters. The van der Waals surface area contributed by atoms with Crippen molar-refractivity contribution in [3.8, 4) is 0 Å². The van der Waals surface area contributed by atoms with Crippen molar-refractivity contribution in [3.05, 3.63) is 12.2 Å². The van der Waals surface area contributed by atoms with Crippen LogP contribution < -0.4 is 0 Å². The molecule has 2 aliphatic heterocycles. The zero-order chi connectivity index (χ0) is 13.6. The summed E-state index contributed by atoms with van der Waals surface area (Å²) in [5.41, 5.74) is 3.86. The van der Waals surface area contributed by atoms with Crippen LogP contribution in [-0.4, -0.2) is 22.8 Å².